The number of carbonyl (C=O) groups excluding carboxylic acids is 1. The zero-order valence-electron chi connectivity index (χ0n) is 14.4. The third-order valence-corrected chi connectivity index (χ3v) is 6.95. The molecule has 140 valence electrons. The van der Waals surface area contributed by atoms with Gasteiger partial charge in [0.25, 0.3) is 5.91 Å². The molecule has 0 unspecified atom stereocenters. The molecule has 1 aliphatic rings. The van der Waals surface area contributed by atoms with Crippen molar-refractivity contribution >= 4 is 37.5 Å². The lowest BCUT2D eigenvalue weighted by molar-refractivity contribution is 0.0730. The maximum Gasteiger partial charge on any atom is 0.275 e. The zero-order valence-corrected chi connectivity index (χ0v) is 16.8. The van der Waals surface area contributed by atoms with Gasteiger partial charge in [-0.25, -0.2) is 8.42 Å². The summed E-state index contributed by atoms with van der Waals surface area (Å²) in [6, 6.07) is 6.12. The summed E-state index contributed by atoms with van der Waals surface area (Å²) in [5.41, 5.74) is 1.61. The average molecular weight is 443 g/mol. The van der Waals surface area contributed by atoms with Gasteiger partial charge >= 0.3 is 0 Å². The third kappa shape index (κ3) is 3.68. The Kier molecular flexibility index (Phi) is 5.47. The Morgan fingerprint density at radius 2 is 1.85 bits per heavy atom. The van der Waals surface area contributed by atoms with E-state index in [1.807, 2.05) is 0 Å². The van der Waals surface area contributed by atoms with Crippen molar-refractivity contribution in [2.75, 3.05) is 31.6 Å². The number of nitrogens with one attached hydrogen (secondary N) is 1. The number of anilines is 1. The van der Waals surface area contributed by atoms with Gasteiger partial charge in [0, 0.05) is 25.8 Å². The van der Waals surface area contributed by atoms with Gasteiger partial charge in [0.05, 0.1) is 28.3 Å². The van der Waals surface area contributed by atoms with Gasteiger partial charge in [-0.05, 0) is 47.1 Å². The number of rotatable bonds is 4. The van der Waals surface area contributed by atoms with Crippen molar-refractivity contribution in [3.05, 3.63) is 40.1 Å². The Balaban J connectivity index is 1.76. The second kappa shape index (κ2) is 7.47. The van der Waals surface area contributed by atoms with E-state index in [4.69, 9.17) is 4.74 Å². The van der Waals surface area contributed by atoms with Crippen LogP contribution in [0, 0.1) is 6.92 Å². The molecular weight excluding hydrogens is 424 g/mol. The van der Waals surface area contributed by atoms with Crippen LogP contribution in [0.5, 0.6) is 0 Å². The highest BCUT2D eigenvalue weighted by atomic mass is 79.9. The molecule has 0 spiro atoms. The highest BCUT2D eigenvalue weighted by Gasteiger charge is 2.26. The van der Waals surface area contributed by atoms with Crippen molar-refractivity contribution in [3.8, 4) is 0 Å². The first kappa shape index (κ1) is 19.0. The molecule has 3 rings (SSSR count). The van der Waals surface area contributed by atoms with Crippen molar-refractivity contribution < 1.29 is 17.9 Å². The van der Waals surface area contributed by atoms with E-state index in [9.17, 15) is 13.2 Å². The summed E-state index contributed by atoms with van der Waals surface area (Å²) < 4.78 is 33.9. The van der Waals surface area contributed by atoms with Gasteiger partial charge in [0.15, 0.2) is 0 Å². The lowest BCUT2D eigenvalue weighted by Gasteiger charge is -2.26. The van der Waals surface area contributed by atoms with Crippen molar-refractivity contribution in [2.24, 2.45) is 7.05 Å². The van der Waals surface area contributed by atoms with Gasteiger partial charge in [-0.3, -0.25) is 9.48 Å². The highest BCUT2D eigenvalue weighted by molar-refractivity contribution is 9.10. The summed E-state index contributed by atoms with van der Waals surface area (Å²) in [7, 11) is -1.87. The topological polar surface area (TPSA) is 93.5 Å². The van der Waals surface area contributed by atoms with Crippen LogP contribution in [0.25, 0.3) is 0 Å². The molecule has 1 aliphatic heterocycles. The lowest BCUT2D eigenvalue weighted by atomic mass is 10.3. The fourth-order valence-corrected chi connectivity index (χ4v) is 4.64. The number of halogens is 1. The SMILES string of the molecule is Cc1nn(C)c(C(=O)Nc2ccc(S(=O)(=O)N3CCOCC3)cc2)c1Br. The van der Waals surface area contributed by atoms with Gasteiger partial charge in [-0.2, -0.15) is 9.40 Å². The van der Waals surface area contributed by atoms with Crippen LogP contribution in [0.2, 0.25) is 0 Å². The molecule has 0 atom stereocenters. The molecule has 0 radical (unpaired) electrons. The van der Waals surface area contributed by atoms with Gasteiger partial charge in [-0.15, -0.1) is 0 Å². The number of hydrogen-bond donors (Lipinski definition) is 1. The molecule has 0 aliphatic carbocycles. The Hall–Kier alpha value is -1.75. The van der Waals surface area contributed by atoms with Crippen LogP contribution in [-0.2, 0) is 21.8 Å². The van der Waals surface area contributed by atoms with Crippen molar-refractivity contribution in [1.29, 1.82) is 0 Å². The van der Waals surface area contributed by atoms with Crippen molar-refractivity contribution in [2.45, 2.75) is 11.8 Å². The number of amides is 1. The van der Waals surface area contributed by atoms with Crippen molar-refractivity contribution in [3.63, 3.8) is 0 Å². The molecule has 1 amide bonds. The highest BCUT2D eigenvalue weighted by Crippen LogP contribution is 2.23. The standard InChI is InChI=1S/C16H19BrN4O4S/c1-11-14(17)15(20(2)19-11)16(22)18-12-3-5-13(6-4-12)26(23,24)21-7-9-25-10-8-21/h3-6H,7-10H2,1-2H3,(H,18,22). The molecule has 1 aromatic carbocycles. The van der Waals surface area contributed by atoms with E-state index >= 15 is 0 Å². The second-order valence-corrected chi connectivity index (χ2v) is 8.60. The first-order valence-corrected chi connectivity index (χ1v) is 10.2. The molecule has 1 fully saturated rings. The van der Waals surface area contributed by atoms with Gasteiger partial charge in [0.1, 0.15) is 5.69 Å². The summed E-state index contributed by atoms with van der Waals surface area (Å²) in [6.07, 6.45) is 0. The minimum atomic E-state index is -3.55. The van der Waals surface area contributed by atoms with Crippen LogP contribution in [0.4, 0.5) is 5.69 Å². The molecule has 1 aromatic heterocycles. The predicted octanol–water partition coefficient (Wildman–Crippen LogP) is 1.76. The van der Waals surface area contributed by atoms with Crippen LogP contribution in [0.3, 0.4) is 0 Å². The number of sulfonamides is 1. The van der Waals surface area contributed by atoms with E-state index in [1.54, 1.807) is 26.1 Å². The Bertz CT molecular complexity index is 918. The number of benzene rings is 1. The normalized spacial score (nSPS) is 15.8. The van der Waals surface area contributed by atoms with Gasteiger partial charge in [0.2, 0.25) is 10.0 Å². The monoisotopic (exact) mass is 442 g/mol. The summed E-state index contributed by atoms with van der Waals surface area (Å²) in [5.74, 6) is -0.330. The maximum atomic E-state index is 12.6. The van der Waals surface area contributed by atoms with Crippen molar-refractivity contribution in [1.82, 2.24) is 14.1 Å². The largest absolute Gasteiger partial charge is 0.379 e. The van der Waals surface area contributed by atoms with E-state index in [0.717, 1.165) is 0 Å². The molecule has 2 heterocycles. The van der Waals surface area contributed by atoms with Gasteiger partial charge < -0.3 is 10.1 Å². The number of morpholine rings is 1. The van der Waals surface area contributed by atoms with Gasteiger partial charge in [-0.1, -0.05) is 0 Å². The molecular formula is C16H19BrN4O4S. The van der Waals surface area contributed by atoms with Crippen LogP contribution in [0.1, 0.15) is 16.2 Å². The summed E-state index contributed by atoms with van der Waals surface area (Å²) in [5, 5.41) is 6.94. The molecule has 8 nitrogen and oxygen atoms in total. The Morgan fingerprint density at radius 3 is 2.38 bits per heavy atom. The molecule has 1 N–H and O–H groups in total. The number of ether oxygens (including phenoxy) is 1. The number of aromatic nitrogens is 2. The summed E-state index contributed by atoms with van der Waals surface area (Å²) in [6.45, 7) is 3.27. The Labute approximate surface area is 160 Å². The number of nitrogens with zero attached hydrogens (tertiary/aromatic N) is 3. The molecule has 10 heteroatoms. The van der Waals surface area contributed by atoms with E-state index in [-0.39, 0.29) is 10.8 Å². The molecule has 0 saturated carbocycles. The second-order valence-electron chi connectivity index (χ2n) is 5.87. The first-order chi connectivity index (χ1) is 12.3. The van der Waals surface area contributed by atoms with Crippen LogP contribution >= 0.6 is 15.9 Å². The lowest BCUT2D eigenvalue weighted by Crippen LogP contribution is -2.40. The third-order valence-electron chi connectivity index (χ3n) is 4.08. The quantitative estimate of drug-likeness (QED) is 0.778. The van der Waals surface area contributed by atoms with E-state index in [0.29, 0.717) is 47.9 Å². The number of hydrogen-bond acceptors (Lipinski definition) is 5. The smallest absolute Gasteiger partial charge is 0.275 e. The minimum absolute atomic E-state index is 0.190. The fraction of sp³-hybridized carbons (Fsp3) is 0.375. The zero-order chi connectivity index (χ0) is 18.9. The van der Waals surface area contributed by atoms with E-state index < -0.39 is 10.0 Å². The molecule has 1 saturated heterocycles. The number of aryl methyl sites for hydroxylation is 2. The van der Waals surface area contributed by atoms with Crippen LogP contribution < -0.4 is 5.32 Å². The predicted molar refractivity (Wildman–Crippen MR) is 99.6 cm³/mol. The minimum Gasteiger partial charge on any atom is -0.379 e. The van der Waals surface area contributed by atoms with E-state index in [2.05, 4.69) is 26.3 Å². The Morgan fingerprint density at radius 1 is 1.23 bits per heavy atom. The molecule has 2 aromatic rings. The summed E-state index contributed by atoms with van der Waals surface area (Å²) >= 11 is 3.36. The first-order valence-electron chi connectivity index (χ1n) is 7.99. The fourth-order valence-electron chi connectivity index (χ4n) is 2.72. The number of carbonyl (C=O) groups is 1. The van der Waals surface area contributed by atoms with Crippen LogP contribution in [0.15, 0.2) is 33.6 Å². The summed E-state index contributed by atoms with van der Waals surface area (Å²) in [4.78, 5) is 12.6. The van der Waals surface area contributed by atoms with E-state index in [1.165, 1.54) is 21.1 Å². The maximum absolute atomic E-state index is 12.6. The molecule has 26 heavy (non-hydrogen) atoms. The van der Waals surface area contributed by atoms with Crippen LogP contribution in [-0.4, -0.2) is 54.7 Å². The molecule has 0 bridgehead atoms. The average Bonchev–Trinajstić information content (AvgIpc) is 2.88.